The van der Waals surface area contributed by atoms with E-state index in [0.717, 1.165) is 12.7 Å². The van der Waals surface area contributed by atoms with E-state index in [1.807, 2.05) is 0 Å². The van der Waals surface area contributed by atoms with Crippen molar-refractivity contribution in [3.63, 3.8) is 0 Å². The number of nitrogens with zero attached hydrogens (tertiary/aromatic N) is 2. The zero-order valence-electron chi connectivity index (χ0n) is 21.3. The summed E-state index contributed by atoms with van der Waals surface area (Å²) in [7, 11) is 1.01. The molecule has 2 rings (SSSR count). The Labute approximate surface area is 217 Å². The van der Waals surface area contributed by atoms with Gasteiger partial charge in [0.2, 0.25) is 5.95 Å². The van der Waals surface area contributed by atoms with Crippen LogP contribution in [0, 0.1) is 0 Å². The van der Waals surface area contributed by atoms with Gasteiger partial charge in [0.05, 0.1) is 19.2 Å². The minimum atomic E-state index is -5.01. The van der Waals surface area contributed by atoms with Crippen LogP contribution in [0.4, 0.5) is 23.9 Å². The molecule has 14 heteroatoms. The number of halogens is 3. The van der Waals surface area contributed by atoms with Crippen LogP contribution in [0.3, 0.4) is 0 Å². The Bertz CT molecular complexity index is 1140. The average molecular weight is 542 g/mol. The molecule has 4 N–H and O–H groups in total. The fourth-order valence-corrected chi connectivity index (χ4v) is 3.13. The van der Waals surface area contributed by atoms with Crippen LogP contribution in [0.5, 0.6) is 5.75 Å². The highest BCUT2D eigenvalue weighted by atomic mass is 19.4. The molecule has 2 amide bonds. The van der Waals surface area contributed by atoms with Gasteiger partial charge in [0.25, 0.3) is 5.91 Å². The number of aryl methyl sites for hydroxylation is 1. The number of anilines is 1. The number of amides is 2. The quantitative estimate of drug-likeness (QED) is 0.263. The number of phenolic OH excluding ortho intramolecular Hbond substituents is 1. The summed E-state index contributed by atoms with van der Waals surface area (Å²) >= 11 is 0. The number of esters is 1. The van der Waals surface area contributed by atoms with E-state index in [0.29, 0.717) is 19.0 Å². The second kappa shape index (κ2) is 12.9. The number of carbonyl (C=O) groups excluding carboxylic acids is 3. The van der Waals surface area contributed by atoms with E-state index >= 15 is 0 Å². The molecule has 0 aliphatic heterocycles. The summed E-state index contributed by atoms with van der Waals surface area (Å²) in [5.74, 6) is -2.54. The molecule has 1 heterocycles. The fourth-order valence-electron chi connectivity index (χ4n) is 3.13. The lowest BCUT2D eigenvalue weighted by molar-refractivity contribution is -0.142. The summed E-state index contributed by atoms with van der Waals surface area (Å²) in [6.07, 6.45) is -4.18. The standard InChI is InChI=1S/C24H30F3N5O6/c1-23(2,3)38-22(36)30-13-17(20(35)37-4)31-19(34)16-12-29-21(32-18(16)24(25,26)27)28-10-6-8-14-7-5-9-15(33)11-14/h5,7,9,11-12,17,33H,6,8,10,13H2,1-4H3,(H,30,36)(H,31,34)(H,28,29,32)/t17-/m0/s1. The van der Waals surface area contributed by atoms with Gasteiger partial charge in [-0.1, -0.05) is 12.1 Å². The van der Waals surface area contributed by atoms with Gasteiger partial charge in [-0.3, -0.25) is 4.79 Å². The van der Waals surface area contributed by atoms with Gasteiger partial charge in [-0.2, -0.15) is 13.2 Å². The molecule has 2 aromatic rings. The van der Waals surface area contributed by atoms with Crippen LogP contribution < -0.4 is 16.0 Å². The number of ether oxygens (including phenoxy) is 2. The summed E-state index contributed by atoms with van der Waals surface area (Å²) in [5.41, 5.74) is -2.43. The molecule has 0 radical (unpaired) electrons. The van der Waals surface area contributed by atoms with E-state index in [1.54, 1.807) is 39.0 Å². The Morgan fingerprint density at radius 1 is 1.16 bits per heavy atom. The van der Waals surface area contributed by atoms with Gasteiger partial charge in [0.15, 0.2) is 5.69 Å². The van der Waals surface area contributed by atoms with E-state index in [9.17, 15) is 32.7 Å². The molecular formula is C24H30F3N5O6. The van der Waals surface area contributed by atoms with Gasteiger partial charge >= 0.3 is 18.2 Å². The molecule has 0 aliphatic rings. The summed E-state index contributed by atoms with van der Waals surface area (Å²) in [6, 6.07) is 5.07. The maximum atomic E-state index is 13.7. The van der Waals surface area contributed by atoms with Crippen molar-refractivity contribution in [3.8, 4) is 5.75 Å². The molecule has 11 nitrogen and oxygen atoms in total. The first-order valence-electron chi connectivity index (χ1n) is 11.5. The topological polar surface area (TPSA) is 152 Å². The normalized spacial score (nSPS) is 12.3. The number of nitrogens with one attached hydrogen (secondary N) is 3. The second-order valence-corrected chi connectivity index (χ2v) is 9.09. The molecule has 0 bridgehead atoms. The lowest BCUT2D eigenvalue weighted by Gasteiger charge is -2.22. The van der Waals surface area contributed by atoms with E-state index in [-0.39, 0.29) is 18.2 Å². The third kappa shape index (κ3) is 9.75. The van der Waals surface area contributed by atoms with Gasteiger partial charge in [0.1, 0.15) is 17.4 Å². The van der Waals surface area contributed by atoms with Gasteiger partial charge in [-0.05, 0) is 51.3 Å². The molecule has 0 fully saturated rings. The average Bonchev–Trinajstić information content (AvgIpc) is 2.82. The molecule has 0 unspecified atom stereocenters. The Morgan fingerprint density at radius 2 is 1.87 bits per heavy atom. The Kier molecular flexibility index (Phi) is 10.2. The van der Waals surface area contributed by atoms with Crippen LogP contribution in [-0.4, -0.2) is 64.9 Å². The number of phenols is 1. The fraction of sp³-hybridized carbons (Fsp3) is 0.458. The smallest absolute Gasteiger partial charge is 0.434 e. The van der Waals surface area contributed by atoms with Crippen molar-refractivity contribution in [2.24, 2.45) is 0 Å². The first kappa shape index (κ1) is 30.1. The van der Waals surface area contributed by atoms with Crippen molar-refractivity contribution in [1.29, 1.82) is 0 Å². The summed E-state index contributed by atoms with van der Waals surface area (Å²) in [5, 5.41) is 16.5. The molecule has 1 aromatic heterocycles. The monoisotopic (exact) mass is 541 g/mol. The molecule has 208 valence electrons. The van der Waals surface area contributed by atoms with Crippen molar-refractivity contribution < 1.29 is 42.1 Å². The van der Waals surface area contributed by atoms with E-state index in [2.05, 4.69) is 30.7 Å². The molecular weight excluding hydrogens is 511 g/mol. The lowest BCUT2D eigenvalue weighted by atomic mass is 10.1. The van der Waals surface area contributed by atoms with Crippen LogP contribution in [0.2, 0.25) is 0 Å². The Morgan fingerprint density at radius 3 is 2.47 bits per heavy atom. The van der Waals surface area contributed by atoms with Crippen LogP contribution in [0.25, 0.3) is 0 Å². The summed E-state index contributed by atoms with van der Waals surface area (Å²) in [4.78, 5) is 43.9. The number of benzene rings is 1. The van der Waals surface area contributed by atoms with E-state index in [4.69, 9.17) is 4.74 Å². The molecule has 0 saturated carbocycles. The Balaban J connectivity index is 2.09. The van der Waals surface area contributed by atoms with Gasteiger partial charge < -0.3 is 30.5 Å². The third-order valence-electron chi connectivity index (χ3n) is 4.78. The van der Waals surface area contributed by atoms with Crippen molar-refractivity contribution in [2.75, 3.05) is 25.5 Å². The molecule has 1 aromatic carbocycles. The molecule has 38 heavy (non-hydrogen) atoms. The number of alkyl carbamates (subject to hydrolysis) is 1. The zero-order valence-corrected chi connectivity index (χ0v) is 21.3. The van der Waals surface area contributed by atoms with Crippen molar-refractivity contribution in [1.82, 2.24) is 20.6 Å². The maximum absolute atomic E-state index is 13.7. The first-order valence-corrected chi connectivity index (χ1v) is 11.5. The second-order valence-electron chi connectivity index (χ2n) is 9.09. The number of aromatic nitrogens is 2. The third-order valence-corrected chi connectivity index (χ3v) is 4.78. The highest BCUT2D eigenvalue weighted by molar-refractivity contribution is 5.97. The largest absolute Gasteiger partial charge is 0.508 e. The highest BCUT2D eigenvalue weighted by Crippen LogP contribution is 2.31. The minimum Gasteiger partial charge on any atom is -0.508 e. The number of methoxy groups -OCH3 is 1. The van der Waals surface area contributed by atoms with Gasteiger partial charge in [-0.25, -0.2) is 19.6 Å². The predicted molar refractivity (Wildman–Crippen MR) is 129 cm³/mol. The van der Waals surface area contributed by atoms with Crippen molar-refractivity contribution >= 4 is 23.9 Å². The van der Waals surface area contributed by atoms with Crippen LogP contribution >= 0.6 is 0 Å². The predicted octanol–water partition coefficient (Wildman–Crippen LogP) is 3.04. The first-order chi connectivity index (χ1) is 17.7. The SMILES string of the molecule is COC(=O)[C@H](CNC(=O)OC(C)(C)C)NC(=O)c1cnc(NCCCc2cccc(O)c2)nc1C(F)(F)F. The molecule has 0 spiro atoms. The number of hydrogen-bond acceptors (Lipinski definition) is 9. The van der Waals surface area contributed by atoms with E-state index in [1.165, 1.54) is 6.07 Å². The number of rotatable bonds is 10. The van der Waals surface area contributed by atoms with Crippen molar-refractivity contribution in [3.05, 3.63) is 47.3 Å². The van der Waals surface area contributed by atoms with Gasteiger partial charge in [0, 0.05) is 12.7 Å². The number of alkyl halides is 3. The summed E-state index contributed by atoms with van der Waals surface area (Å²) < 4.78 is 50.8. The summed E-state index contributed by atoms with van der Waals surface area (Å²) in [6.45, 7) is 4.54. The molecule has 0 saturated heterocycles. The van der Waals surface area contributed by atoms with Crippen molar-refractivity contribution in [2.45, 2.75) is 51.4 Å². The number of carbonyl (C=O) groups is 3. The van der Waals surface area contributed by atoms with Crippen LogP contribution in [0.1, 0.15) is 48.8 Å². The Hall–Kier alpha value is -4.10. The minimum absolute atomic E-state index is 0.109. The van der Waals surface area contributed by atoms with E-state index < -0.39 is 53.6 Å². The molecule has 0 aliphatic carbocycles. The number of hydrogen-bond donors (Lipinski definition) is 4. The molecule has 1 atom stereocenters. The number of aromatic hydroxyl groups is 1. The maximum Gasteiger partial charge on any atom is 0.434 e. The van der Waals surface area contributed by atoms with Crippen LogP contribution in [-0.2, 0) is 26.9 Å². The lowest BCUT2D eigenvalue weighted by Crippen LogP contribution is -2.50. The zero-order chi connectivity index (χ0) is 28.5. The van der Waals surface area contributed by atoms with Gasteiger partial charge in [-0.15, -0.1) is 0 Å². The van der Waals surface area contributed by atoms with Crippen LogP contribution in [0.15, 0.2) is 30.5 Å². The highest BCUT2D eigenvalue weighted by Gasteiger charge is 2.39.